The molecule has 2 heterocycles. The summed E-state index contributed by atoms with van der Waals surface area (Å²) in [6.45, 7) is 4.45. The quantitative estimate of drug-likeness (QED) is 0.529. The van der Waals surface area contributed by atoms with E-state index in [4.69, 9.17) is 13.9 Å². The van der Waals surface area contributed by atoms with Crippen molar-refractivity contribution in [3.63, 3.8) is 0 Å². The second kappa shape index (κ2) is 8.58. The van der Waals surface area contributed by atoms with E-state index >= 15 is 0 Å². The zero-order valence-electron chi connectivity index (χ0n) is 15.5. The Hall–Kier alpha value is -3.32. The van der Waals surface area contributed by atoms with Gasteiger partial charge in [0, 0.05) is 13.7 Å². The lowest BCUT2D eigenvalue weighted by molar-refractivity contribution is -0.130. The van der Waals surface area contributed by atoms with Crippen LogP contribution in [0.5, 0.6) is 5.75 Å². The summed E-state index contributed by atoms with van der Waals surface area (Å²) in [5, 5.41) is 10.4. The summed E-state index contributed by atoms with van der Waals surface area (Å²) in [7, 11) is 1.52. The molecule has 146 valence electrons. The molecule has 0 saturated carbocycles. The second-order valence-corrected chi connectivity index (χ2v) is 6.13. The van der Waals surface area contributed by atoms with Gasteiger partial charge in [-0.15, -0.1) is 0 Å². The number of hydrogen-bond acceptors (Lipinski definition) is 6. The molecule has 1 amide bonds. The highest BCUT2D eigenvalue weighted by molar-refractivity contribution is 6.15. The van der Waals surface area contributed by atoms with Crippen LogP contribution in [0.1, 0.15) is 22.2 Å². The van der Waals surface area contributed by atoms with E-state index in [2.05, 4.69) is 6.58 Å². The molecule has 0 aliphatic carbocycles. The van der Waals surface area contributed by atoms with E-state index in [1.807, 2.05) is 0 Å². The maximum atomic E-state index is 12.9. The number of nitrogens with zero attached hydrogens (tertiary/aromatic N) is 1. The summed E-state index contributed by atoms with van der Waals surface area (Å²) in [5.41, 5.74) is 0.644. The number of aliphatic hydroxyl groups excluding tert-OH is 1. The number of ether oxygens (including phenoxy) is 2. The number of benzene rings is 1. The second-order valence-electron chi connectivity index (χ2n) is 6.13. The lowest BCUT2D eigenvalue weighted by Gasteiger charge is -2.26. The zero-order valence-corrected chi connectivity index (χ0v) is 15.5. The normalized spacial score (nSPS) is 16.5. The van der Waals surface area contributed by atoms with Crippen LogP contribution in [0, 0.1) is 0 Å². The summed E-state index contributed by atoms with van der Waals surface area (Å²) >= 11 is 0. The van der Waals surface area contributed by atoms with Gasteiger partial charge in [0.05, 0.1) is 24.5 Å². The molecule has 0 spiro atoms. The average Bonchev–Trinajstić information content (AvgIpc) is 3.33. The molecule has 0 fully saturated rings. The summed E-state index contributed by atoms with van der Waals surface area (Å²) in [6.07, 6.45) is 3.00. The highest BCUT2D eigenvalue weighted by Gasteiger charge is 2.44. The minimum atomic E-state index is -0.756. The number of carbonyl (C=O) groups excluding carboxylic acids is 2. The molecule has 3 rings (SSSR count). The highest BCUT2D eigenvalue weighted by Crippen LogP contribution is 2.39. The third kappa shape index (κ3) is 3.70. The van der Waals surface area contributed by atoms with Crippen molar-refractivity contribution in [1.29, 1.82) is 0 Å². The number of aliphatic hydroxyl groups is 1. The smallest absolute Gasteiger partial charge is 0.290 e. The Balaban J connectivity index is 1.99. The molecule has 1 aliphatic heterocycles. The van der Waals surface area contributed by atoms with Gasteiger partial charge in [0.1, 0.15) is 12.4 Å². The molecule has 0 radical (unpaired) electrons. The molecule has 7 nitrogen and oxygen atoms in total. The Morgan fingerprint density at radius 3 is 2.68 bits per heavy atom. The first-order chi connectivity index (χ1) is 13.6. The lowest BCUT2D eigenvalue weighted by atomic mass is 9.95. The van der Waals surface area contributed by atoms with Crippen LogP contribution in [-0.4, -0.2) is 48.6 Å². The Labute approximate surface area is 162 Å². The van der Waals surface area contributed by atoms with Gasteiger partial charge in [0.2, 0.25) is 5.78 Å². The molecule has 1 aromatic carbocycles. The number of ketones is 1. The number of hydrogen-bond donors (Lipinski definition) is 1. The minimum Gasteiger partial charge on any atom is -0.503 e. The van der Waals surface area contributed by atoms with E-state index in [9.17, 15) is 14.7 Å². The van der Waals surface area contributed by atoms with E-state index in [1.54, 1.807) is 36.4 Å². The van der Waals surface area contributed by atoms with Crippen molar-refractivity contribution in [2.24, 2.45) is 0 Å². The highest BCUT2D eigenvalue weighted by atomic mass is 16.5. The molecule has 1 atom stereocenters. The van der Waals surface area contributed by atoms with E-state index in [0.29, 0.717) is 17.9 Å². The number of methoxy groups -OCH3 is 1. The van der Waals surface area contributed by atoms with Crippen molar-refractivity contribution in [2.45, 2.75) is 6.04 Å². The standard InChI is InChI=1S/C21H21NO6/c1-3-11-27-15-8-6-14(7-9-15)18-17(19(23)16-5-4-12-28-16)20(24)21(25)22(18)10-13-26-2/h3-9,12,18,24H,1,10-11,13H2,2H3. The largest absolute Gasteiger partial charge is 0.503 e. The van der Waals surface area contributed by atoms with Gasteiger partial charge in [-0.2, -0.15) is 0 Å². The Bertz CT molecular complexity index is 882. The first kappa shape index (κ1) is 19.4. The molecule has 28 heavy (non-hydrogen) atoms. The number of amides is 1. The molecule has 7 heteroatoms. The van der Waals surface area contributed by atoms with Gasteiger partial charge in [-0.25, -0.2) is 0 Å². The van der Waals surface area contributed by atoms with Gasteiger partial charge in [0.15, 0.2) is 11.5 Å². The van der Waals surface area contributed by atoms with Gasteiger partial charge in [-0.1, -0.05) is 24.8 Å². The molecule has 1 aliphatic rings. The van der Waals surface area contributed by atoms with E-state index in [0.717, 1.165) is 0 Å². The summed E-state index contributed by atoms with van der Waals surface area (Å²) < 4.78 is 15.7. The maximum absolute atomic E-state index is 12.9. The summed E-state index contributed by atoms with van der Waals surface area (Å²) in [5.74, 6) is -1.05. The van der Waals surface area contributed by atoms with Crippen LogP contribution in [0.25, 0.3) is 0 Å². The minimum absolute atomic E-state index is 0.0178. The van der Waals surface area contributed by atoms with Crippen LogP contribution in [0.15, 0.2) is 71.1 Å². The summed E-state index contributed by atoms with van der Waals surface area (Å²) in [6, 6.07) is 9.30. The third-order valence-corrected chi connectivity index (χ3v) is 4.39. The topological polar surface area (TPSA) is 89.2 Å². The van der Waals surface area contributed by atoms with Crippen LogP contribution in [-0.2, 0) is 9.53 Å². The van der Waals surface area contributed by atoms with Gasteiger partial charge in [-0.3, -0.25) is 9.59 Å². The monoisotopic (exact) mass is 383 g/mol. The van der Waals surface area contributed by atoms with Crippen molar-refractivity contribution in [2.75, 3.05) is 26.9 Å². The Kier molecular flexibility index (Phi) is 5.96. The van der Waals surface area contributed by atoms with Crippen molar-refractivity contribution in [3.05, 3.63) is 78.0 Å². The first-order valence-corrected chi connectivity index (χ1v) is 8.73. The molecule has 1 N–H and O–H groups in total. The fourth-order valence-electron chi connectivity index (χ4n) is 3.09. The SMILES string of the molecule is C=CCOc1ccc(C2C(C(=O)c3ccco3)=C(O)C(=O)N2CCOC)cc1. The fraction of sp³-hybridized carbons (Fsp3) is 0.238. The molecule has 0 bridgehead atoms. The fourth-order valence-corrected chi connectivity index (χ4v) is 3.09. The van der Waals surface area contributed by atoms with Crippen LogP contribution >= 0.6 is 0 Å². The molecule has 2 aromatic rings. The Morgan fingerprint density at radius 2 is 2.07 bits per heavy atom. The number of rotatable bonds is 9. The van der Waals surface area contributed by atoms with Crippen molar-refractivity contribution >= 4 is 11.7 Å². The zero-order chi connectivity index (χ0) is 20.1. The number of Topliss-reactive ketones (excluding diaryl/α,β-unsaturated/α-hetero) is 1. The van der Waals surface area contributed by atoms with Crippen molar-refractivity contribution in [1.82, 2.24) is 4.90 Å². The molecular weight excluding hydrogens is 362 g/mol. The van der Waals surface area contributed by atoms with Gasteiger partial charge in [0.25, 0.3) is 5.91 Å². The predicted octanol–water partition coefficient (Wildman–Crippen LogP) is 3.07. The van der Waals surface area contributed by atoms with Crippen molar-refractivity contribution < 1.29 is 28.6 Å². The lowest BCUT2D eigenvalue weighted by Crippen LogP contribution is -2.33. The Morgan fingerprint density at radius 1 is 1.32 bits per heavy atom. The number of carbonyl (C=O) groups is 2. The van der Waals surface area contributed by atoms with Gasteiger partial charge in [-0.05, 0) is 29.8 Å². The van der Waals surface area contributed by atoms with Crippen LogP contribution in [0.3, 0.4) is 0 Å². The molecule has 1 unspecified atom stereocenters. The predicted molar refractivity (Wildman–Crippen MR) is 101 cm³/mol. The van der Waals surface area contributed by atoms with Crippen LogP contribution in [0.2, 0.25) is 0 Å². The van der Waals surface area contributed by atoms with E-state index in [1.165, 1.54) is 24.3 Å². The van der Waals surface area contributed by atoms with E-state index < -0.39 is 23.5 Å². The third-order valence-electron chi connectivity index (χ3n) is 4.39. The first-order valence-electron chi connectivity index (χ1n) is 8.73. The van der Waals surface area contributed by atoms with Crippen LogP contribution < -0.4 is 4.74 Å². The molecule has 1 aromatic heterocycles. The maximum Gasteiger partial charge on any atom is 0.290 e. The molecule has 0 saturated heterocycles. The van der Waals surface area contributed by atoms with Gasteiger partial charge < -0.3 is 23.9 Å². The van der Waals surface area contributed by atoms with Crippen molar-refractivity contribution in [3.8, 4) is 5.75 Å². The van der Waals surface area contributed by atoms with Crippen LogP contribution in [0.4, 0.5) is 0 Å². The van der Waals surface area contributed by atoms with Gasteiger partial charge >= 0.3 is 0 Å². The number of furan rings is 1. The average molecular weight is 383 g/mol. The van der Waals surface area contributed by atoms with E-state index in [-0.39, 0.29) is 24.5 Å². The molecular formula is C21H21NO6. The summed E-state index contributed by atoms with van der Waals surface area (Å²) in [4.78, 5) is 27.0.